The van der Waals surface area contributed by atoms with E-state index < -0.39 is 0 Å². The van der Waals surface area contributed by atoms with Crippen LogP contribution in [0, 0.1) is 0 Å². The summed E-state index contributed by atoms with van der Waals surface area (Å²) in [4.78, 5) is 11.6. The summed E-state index contributed by atoms with van der Waals surface area (Å²) in [5, 5.41) is 0. The molecule has 0 heterocycles. The third-order valence-electron chi connectivity index (χ3n) is 2.09. The fourth-order valence-corrected chi connectivity index (χ4v) is 1.24. The number of rotatable bonds is 7. The number of hydrogen-bond acceptors (Lipinski definition) is 3. The van der Waals surface area contributed by atoms with Crippen molar-refractivity contribution in [3.8, 4) is 5.75 Å². The van der Waals surface area contributed by atoms with E-state index in [1.165, 1.54) is 0 Å². The summed E-state index contributed by atoms with van der Waals surface area (Å²) in [5.74, 6) is 0.804. The summed E-state index contributed by atoms with van der Waals surface area (Å²) >= 11 is 0. The van der Waals surface area contributed by atoms with Gasteiger partial charge in [0.15, 0.2) is 5.78 Å². The number of Topliss-reactive ketones (excluding diaryl/α,β-unsaturated/α-hetero) is 1. The van der Waals surface area contributed by atoms with Crippen molar-refractivity contribution in [1.82, 2.24) is 0 Å². The number of carbonyl (C=O) groups is 1. The highest BCUT2D eigenvalue weighted by molar-refractivity contribution is 5.97. The molecule has 1 aromatic rings. The highest BCUT2D eigenvalue weighted by Crippen LogP contribution is 2.12. The van der Waals surface area contributed by atoms with E-state index >= 15 is 0 Å². The zero-order valence-electron chi connectivity index (χ0n) is 9.86. The van der Waals surface area contributed by atoms with Crippen molar-refractivity contribution in [2.24, 2.45) is 0 Å². The van der Waals surface area contributed by atoms with Gasteiger partial charge in [0.25, 0.3) is 0 Å². The maximum atomic E-state index is 11.6. The molecule has 0 fully saturated rings. The van der Waals surface area contributed by atoms with Crippen LogP contribution < -0.4 is 4.74 Å². The maximum Gasteiger partial charge on any atom is 0.188 e. The van der Waals surface area contributed by atoms with Crippen molar-refractivity contribution in [3.05, 3.63) is 29.8 Å². The van der Waals surface area contributed by atoms with Gasteiger partial charge in [-0.25, -0.2) is 0 Å². The average Bonchev–Trinajstić information content (AvgIpc) is 2.34. The molecule has 88 valence electrons. The molecule has 0 amide bonds. The zero-order valence-corrected chi connectivity index (χ0v) is 9.86. The van der Waals surface area contributed by atoms with E-state index in [-0.39, 0.29) is 12.4 Å². The summed E-state index contributed by atoms with van der Waals surface area (Å²) in [7, 11) is 0. The first-order valence-electron chi connectivity index (χ1n) is 5.61. The fourth-order valence-electron chi connectivity index (χ4n) is 1.24. The van der Waals surface area contributed by atoms with Crippen LogP contribution in [0.2, 0.25) is 0 Å². The Hall–Kier alpha value is -1.35. The van der Waals surface area contributed by atoms with Gasteiger partial charge in [0.05, 0.1) is 6.61 Å². The number of carbonyl (C=O) groups excluding carboxylic acids is 1. The van der Waals surface area contributed by atoms with Gasteiger partial charge in [-0.2, -0.15) is 0 Å². The van der Waals surface area contributed by atoms with Crippen LogP contribution in [0.1, 0.15) is 30.6 Å². The first kappa shape index (κ1) is 12.7. The lowest BCUT2D eigenvalue weighted by molar-refractivity contribution is 0.0783. The van der Waals surface area contributed by atoms with Crippen molar-refractivity contribution in [1.29, 1.82) is 0 Å². The number of ether oxygens (including phenoxy) is 2. The van der Waals surface area contributed by atoms with Crippen LogP contribution in [0.3, 0.4) is 0 Å². The van der Waals surface area contributed by atoms with Crippen LogP contribution >= 0.6 is 0 Å². The predicted molar refractivity (Wildman–Crippen MR) is 63.1 cm³/mol. The molecule has 3 heteroatoms. The minimum absolute atomic E-state index is 0.00360. The van der Waals surface area contributed by atoms with E-state index in [4.69, 9.17) is 9.47 Å². The van der Waals surface area contributed by atoms with Gasteiger partial charge >= 0.3 is 0 Å². The summed E-state index contributed by atoms with van der Waals surface area (Å²) in [6, 6.07) is 7.17. The lowest BCUT2D eigenvalue weighted by Gasteiger charge is -2.05. The molecule has 0 spiro atoms. The fraction of sp³-hybridized carbons (Fsp3) is 0.462. The summed E-state index contributed by atoms with van der Waals surface area (Å²) in [5.41, 5.74) is 0.664. The first-order valence-corrected chi connectivity index (χ1v) is 5.61. The van der Waals surface area contributed by atoms with E-state index in [1.807, 2.05) is 19.1 Å². The molecular weight excluding hydrogens is 204 g/mol. The molecule has 0 radical (unpaired) electrons. The molecule has 0 aliphatic rings. The zero-order chi connectivity index (χ0) is 11.8. The molecule has 0 atom stereocenters. The second-order valence-electron chi connectivity index (χ2n) is 3.43. The first-order chi connectivity index (χ1) is 7.77. The van der Waals surface area contributed by atoms with Crippen LogP contribution in [-0.2, 0) is 4.74 Å². The highest BCUT2D eigenvalue weighted by Gasteiger charge is 2.05. The van der Waals surface area contributed by atoms with Gasteiger partial charge in [-0.05, 0) is 37.6 Å². The molecule has 0 aliphatic carbocycles. The van der Waals surface area contributed by atoms with Gasteiger partial charge in [-0.1, -0.05) is 6.92 Å². The predicted octanol–water partition coefficient (Wildman–Crippen LogP) is 2.69. The Kier molecular flexibility index (Phi) is 5.57. The number of hydrogen-bond donors (Lipinski definition) is 0. The van der Waals surface area contributed by atoms with Crippen LogP contribution in [-0.4, -0.2) is 25.6 Å². The number of benzene rings is 1. The standard InChI is InChI=1S/C13H18O3/c1-3-9-16-12-7-5-11(6-8-12)13(14)10-15-4-2/h5-8H,3-4,9-10H2,1-2H3. The molecule has 0 aliphatic heterocycles. The molecule has 0 saturated carbocycles. The minimum Gasteiger partial charge on any atom is -0.494 e. The van der Waals surface area contributed by atoms with E-state index in [0.717, 1.165) is 12.2 Å². The van der Waals surface area contributed by atoms with Crippen LogP contribution in [0.15, 0.2) is 24.3 Å². The molecule has 0 bridgehead atoms. The second-order valence-corrected chi connectivity index (χ2v) is 3.43. The SMILES string of the molecule is CCCOc1ccc(C(=O)COCC)cc1. The Morgan fingerprint density at radius 2 is 1.88 bits per heavy atom. The molecule has 0 unspecified atom stereocenters. The Morgan fingerprint density at radius 3 is 2.44 bits per heavy atom. The van der Waals surface area contributed by atoms with Crippen molar-refractivity contribution in [2.45, 2.75) is 20.3 Å². The van der Waals surface area contributed by atoms with Gasteiger partial charge in [0.1, 0.15) is 12.4 Å². The normalized spacial score (nSPS) is 10.1. The molecule has 0 aromatic heterocycles. The van der Waals surface area contributed by atoms with E-state index in [1.54, 1.807) is 12.1 Å². The molecule has 1 rings (SSSR count). The Balaban J connectivity index is 2.53. The van der Waals surface area contributed by atoms with E-state index in [0.29, 0.717) is 18.8 Å². The monoisotopic (exact) mass is 222 g/mol. The topological polar surface area (TPSA) is 35.5 Å². The summed E-state index contributed by atoms with van der Waals surface area (Å²) in [6.07, 6.45) is 0.977. The van der Waals surface area contributed by atoms with Gasteiger partial charge in [0, 0.05) is 12.2 Å². The number of ketones is 1. The minimum atomic E-state index is 0.00360. The molecular formula is C13H18O3. The van der Waals surface area contributed by atoms with E-state index in [2.05, 4.69) is 6.92 Å². The van der Waals surface area contributed by atoms with Crippen molar-refractivity contribution in [3.63, 3.8) is 0 Å². The quantitative estimate of drug-likeness (QED) is 0.665. The maximum absolute atomic E-state index is 11.6. The van der Waals surface area contributed by atoms with Gasteiger partial charge in [-0.3, -0.25) is 4.79 Å². The Morgan fingerprint density at radius 1 is 1.19 bits per heavy atom. The third kappa shape index (κ3) is 4.03. The lowest BCUT2D eigenvalue weighted by atomic mass is 10.1. The van der Waals surface area contributed by atoms with Crippen molar-refractivity contribution < 1.29 is 14.3 Å². The van der Waals surface area contributed by atoms with Gasteiger partial charge in [-0.15, -0.1) is 0 Å². The molecule has 16 heavy (non-hydrogen) atoms. The smallest absolute Gasteiger partial charge is 0.188 e. The second kappa shape index (κ2) is 7.01. The van der Waals surface area contributed by atoms with Gasteiger partial charge < -0.3 is 9.47 Å². The highest BCUT2D eigenvalue weighted by atomic mass is 16.5. The molecule has 3 nitrogen and oxygen atoms in total. The molecule has 0 saturated heterocycles. The van der Waals surface area contributed by atoms with Crippen molar-refractivity contribution in [2.75, 3.05) is 19.8 Å². The van der Waals surface area contributed by atoms with Crippen LogP contribution in [0.4, 0.5) is 0 Å². The van der Waals surface area contributed by atoms with Crippen molar-refractivity contribution >= 4 is 5.78 Å². The Bertz CT molecular complexity index is 316. The van der Waals surface area contributed by atoms with E-state index in [9.17, 15) is 4.79 Å². The Labute approximate surface area is 96.4 Å². The average molecular weight is 222 g/mol. The van der Waals surface area contributed by atoms with Gasteiger partial charge in [0.2, 0.25) is 0 Å². The summed E-state index contributed by atoms with van der Waals surface area (Å²) < 4.78 is 10.5. The molecule has 0 N–H and O–H groups in total. The third-order valence-corrected chi connectivity index (χ3v) is 2.09. The lowest BCUT2D eigenvalue weighted by Crippen LogP contribution is -2.08. The largest absolute Gasteiger partial charge is 0.494 e. The van der Waals surface area contributed by atoms with Crippen LogP contribution in [0.25, 0.3) is 0 Å². The summed E-state index contributed by atoms with van der Waals surface area (Å²) in [6.45, 7) is 5.33. The molecule has 1 aromatic carbocycles. The van der Waals surface area contributed by atoms with Crippen LogP contribution in [0.5, 0.6) is 5.75 Å².